The first-order chi connectivity index (χ1) is 7.58. The molecule has 2 unspecified atom stereocenters. The first-order valence-electron chi connectivity index (χ1n) is 5.88. The van der Waals surface area contributed by atoms with Gasteiger partial charge in [-0.05, 0) is 33.6 Å². The fourth-order valence-electron chi connectivity index (χ4n) is 2.01. The Morgan fingerprint density at radius 1 is 1.56 bits per heavy atom. The molecule has 0 amide bonds. The Kier molecular flexibility index (Phi) is 3.62. The molecule has 1 aromatic rings. The maximum Gasteiger partial charge on any atom is 0.112 e. The Morgan fingerprint density at radius 3 is 2.94 bits per heavy atom. The van der Waals surface area contributed by atoms with Gasteiger partial charge in [-0.1, -0.05) is 0 Å². The molecular weight excluding hydrogens is 220 g/mol. The number of nitrogens with one attached hydrogen (secondary N) is 1. The van der Waals surface area contributed by atoms with Crippen molar-refractivity contribution in [2.24, 2.45) is 0 Å². The van der Waals surface area contributed by atoms with Gasteiger partial charge in [0.05, 0.1) is 17.7 Å². The number of hydrogen-bond donors (Lipinski definition) is 1. The van der Waals surface area contributed by atoms with Gasteiger partial charge in [-0.25, -0.2) is 4.98 Å². The first-order valence-corrected chi connectivity index (χ1v) is 6.76. The van der Waals surface area contributed by atoms with Gasteiger partial charge in [-0.3, -0.25) is 0 Å². The fraction of sp³-hybridized carbons (Fsp3) is 0.750. The molecule has 4 heteroatoms. The van der Waals surface area contributed by atoms with E-state index in [0.717, 1.165) is 11.6 Å². The number of ether oxygens (including phenoxy) is 1. The van der Waals surface area contributed by atoms with Crippen LogP contribution in [0.3, 0.4) is 0 Å². The second-order valence-corrected chi connectivity index (χ2v) is 5.88. The molecule has 2 rings (SSSR count). The summed E-state index contributed by atoms with van der Waals surface area (Å²) in [5.74, 6) is 0. The van der Waals surface area contributed by atoms with Crippen LogP contribution in [-0.2, 0) is 10.3 Å². The van der Waals surface area contributed by atoms with E-state index < -0.39 is 0 Å². The van der Waals surface area contributed by atoms with Crippen LogP contribution in [-0.4, -0.2) is 23.7 Å². The van der Waals surface area contributed by atoms with E-state index >= 15 is 0 Å². The molecule has 2 atom stereocenters. The van der Waals surface area contributed by atoms with Crippen LogP contribution in [0.15, 0.2) is 11.6 Å². The van der Waals surface area contributed by atoms with Crippen LogP contribution in [0.5, 0.6) is 0 Å². The molecule has 0 aliphatic carbocycles. The molecule has 1 saturated heterocycles. The van der Waals surface area contributed by atoms with E-state index in [2.05, 4.69) is 31.1 Å². The lowest BCUT2D eigenvalue weighted by atomic mass is 10.1. The van der Waals surface area contributed by atoms with Crippen molar-refractivity contribution in [3.63, 3.8) is 0 Å². The molecule has 2 heterocycles. The molecule has 16 heavy (non-hydrogen) atoms. The van der Waals surface area contributed by atoms with Crippen molar-refractivity contribution in [1.82, 2.24) is 10.3 Å². The molecule has 0 bridgehead atoms. The average molecular weight is 240 g/mol. The molecule has 1 fully saturated rings. The summed E-state index contributed by atoms with van der Waals surface area (Å²) in [6.45, 7) is 7.40. The van der Waals surface area contributed by atoms with Crippen LogP contribution in [0.4, 0.5) is 0 Å². The molecule has 0 saturated carbocycles. The average Bonchev–Trinajstić information content (AvgIpc) is 2.85. The van der Waals surface area contributed by atoms with Crippen molar-refractivity contribution in [3.05, 3.63) is 16.6 Å². The highest BCUT2D eigenvalue weighted by molar-refractivity contribution is 7.09. The first kappa shape index (κ1) is 12.0. The molecule has 90 valence electrons. The Balaban J connectivity index is 1.85. The lowest BCUT2D eigenvalue weighted by molar-refractivity contribution is 0.0515. The van der Waals surface area contributed by atoms with Gasteiger partial charge < -0.3 is 10.1 Å². The third-order valence-corrected chi connectivity index (χ3v) is 4.16. The Morgan fingerprint density at radius 2 is 2.38 bits per heavy atom. The molecule has 0 aromatic carbocycles. The lowest BCUT2D eigenvalue weighted by Gasteiger charge is -2.25. The van der Waals surface area contributed by atoms with Gasteiger partial charge in [-0.2, -0.15) is 0 Å². The molecular formula is C12H20N2OS. The topological polar surface area (TPSA) is 34.2 Å². The van der Waals surface area contributed by atoms with Crippen molar-refractivity contribution in [3.8, 4) is 0 Å². The summed E-state index contributed by atoms with van der Waals surface area (Å²) in [5, 5.41) is 6.71. The lowest BCUT2D eigenvalue weighted by Crippen LogP contribution is -2.41. The molecule has 1 aromatic heterocycles. The van der Waals surface area contributed by atoms with Crippen molar-refractivity contribution in [2.75, 3.05) is 6.54 Å². The SMILES string of the molecule is CC1CCC(CNC(C)(C)c2nccs2)O1. The van der Waals surface area contributed by atoms with E-state index in [1.807, 2.05) is 11.6 Å². The Bertz CT molecular complexity index is 324. The summed E-state index contributed by atoms with van der Waals surface area (Å²) in [7, 11) is 0. The maximum atomic E-state index is 5.79. The van der Waals surface area contributed by atoms with Gasteiger partial charge in [-0.15, -0.1) is 11.3 Å². The zero-order chi connectivity index (χ0) is 11.6. The fourth-order valence-corrected chi connectivity index (χ4v) is 2.75. The molecule has 1 N–H and O–H groups in total. The summed E-state index contributed by atoms with van der Waals surface area (Å²) in [5.41, 5.74) is -0.0522. The number of hydrogen-bond acceptors (Lipinski definition) is 4. The van der Waals surface area contributed by atoms with Crippen LogP contribution < -0.4 is 5.32 Å². The van der Waals surface area contributed by atoms with Gasteiger partial charge in [0.1, 0.15) is 5.01 Å². The predicted octanol–water partition coefficient (Wildman–Crippen LogP) is 2.54. The molecule has 0 spiro atoms. The van der Waals surface area contributed by atoms with Crippen LogP contribution >= 0.6 is 11.3 Å². The zero-order valence-corrected chi connectivity index (χ0v) is 11.0. The minimum Gasteiger partial charge on any atom is -0.374 e. The van der Waals surface area contributed by atoms with E-state index in [9.17, 15) is 0 Å². The second-order valence-electron chi connectivity index (χ2n) is 4.99. The summed E-state index contributed by atoms with van der Waals surface area (Å²) in [6.07, 6.45) is 5.01. The molecule has 0 radical (unpaired) electrons. The minimum absolute atomic E-state index is 0.0522. The number of rotatable bonds is 4. The molecule has 1 aliphatic heterocycles. The Labute approximate surface area is 101 Å². The monoisotopic (exact) mass is 240 g/mol. The standard InChI is InChI=1S/C12H20N2OS/c1-9-4-5-10(15-9)8-14-12(2,3)11-13-6-7-16-11/h6-7,9-10,14H,4-5,8H2,1-3H3. The van der Waals surface area contributed by atoms with E-state index in [1.165, 1.54) is 12.8 Å². The van der Waals surface area contributed by atoms with Crippen LogP contribution in [0.25, 0.3) is 0 Å². The van der Waals surface area contributed by atoms with Crippen LogP contribution in [0.2, 0.25) is 0 Å². The van der Waals surface area contributed by atoms with Gasteiger partial charge in [0.15, 0.2) is 0 Å². The van der Waals surface area contributed by atoms with Crippen LogP contribution in [0, 0.1) is 0 Å². The number of aromatic nitrogens is 1. The molecule has 3 nitrogen and oxygen atoms in total. The van der Waals surface area contributed by atoms with Crippen molar-refractivity contribution < 1.29 is 4.74 Å². The maximum absolute atomic E-state index is 5.79. The van der Waals surface area contributed by atoms with Gasteiger partial charge in [0.2, 0.25) is 0 Å². The third kappa shape index (κ3) is 2.81. The normalized spacial score (nSPS) is 26.2. The predicted molar refractivity (Wildman–Crippen MR) is 66.7 cm³/mol. The highest BCUT2D eigenvalue weighted by Crippen LogP contribution is 2.24. The minimum atomic E-state index is -0.0522. The third-order valence-electron chi connectivity index (χ3n) is 3.06. The van der Waals surface area contributed by atoms with Gasteiger partial charge in [0.25, 0.3) is 0 Å². The Hall–Kier alpha value is -0.450. The summed E-state index contributed by atoms with van der Waals surface area (Å²) < 4.78 is 5.79. The summed E-state index contributed by atoms with van der Waals surface area (Å²) >= 11 is 1.70. The quantitative estimate of drug-likeness (QED) is 0.878. The summed E-state index contributed by atoms with van der Waals surface area (Å²) in [4.78, 5) is 4.36. The van der Waals surface area contributed by atoms with E-state index in [0.29, 0.717) is 12.2 Å². The largest absolute Gasteiger partial charge is 0.374 e. The smallest absolute Gasteiger partial charge is 0.112 e. The number of thiazole rings is 1. The van der Waals surface area contributed by atoms with Gasteiger partial charge >= 0.3 is 0 Å². The van der Waals surface area contributed by atoms with E-state index in [1.54, 1.807) is 11.3 Å². The van der Waals surface area contributed by atoms with E-state index in [4.69, 9.17) is 4.74 Å². The number of nitrogens with zero attached hydrogens (tertiary/aromatic N) is 1. The van der Waals surface area contributed by atoms with Crippen LogP contribution in [0.1, 0.15) is 38.6 Å². The highest BCUT2D eigenvalue weighted by Gasteiger charge is 2.27. The zero-order valence-electron chi connectivity index (χ0n) is 10.2. The molecule has 1 aliphatic rings. The summed E-state index contributed by atoms with van der Waals surface area (Å²) in [6, 6.07) is 0. The van der Waals surface area contributed by atoms with Crippen molar-refractivity contribution in [1.29, 1.82) is 0 Å². The van der Waals surface area contributed by atoms with Crippen molar-refractivity contribution >= 4 is 11.3 Å². The van der Waals surface area contributed by atoms with E-state index in [-0.39, 0.29) is 5.54 Å². The second kappa shape index (κ2) is 4.82. The van der Waals surface area contributed by atoms with Crippen molar-refractivity contribution in [2.45, 2.75) is 51.4 Å². The van der Waals surface area contributed by atoms with Gasteiger partial charge in [0, 0.05) is 18.1 Å². The highest BCUT2D eigenvalue weighted by atomic mass is 32.1.